The zero-order chi connectivity index (χ0) is 39.0. The Bertz CT molecular complexity index is 2830. The van der Waals surface area contributed by atoms with Crippen LogP contribution in [-0.2, 0) is 37.8 Å². The summed E-state index contributed by atoms with van der Waals surface area (Å²) < 4.78 is 11.1. The molecule has 0 N–H and O–H groups in total. The van der Waals surface area contributed by atoms with E-state index < -0.39 is 0 Å². The molecule has 5 heteroatoms. The van der Waals surface area contributed by atoms with Crippen LogP contribution in [0.5, 0.6) is 5.75 Å². The molecule has 5 nitrogen and oxygen atoms in total. The van der Waals surface area contributed by atoms with E-state index in [0.29, 0.717) is 6.67 Å². The van der Waals surface area contributed by atoms with Crippen molar-refractivity contribution < 1.29 is 4.74 Å². The molecule has 0 fully saturated rings. The average molecular weight is 741 g/mol. The van der Waals surface area contributed by atoms with E-state index in [1.165, 1.54) is 99.2 Å². The van der Waals surface area contributed by atoms with Crippen LogP contribution in [0, 0.1) is 10.6 Å². The molecule has 0 amide bonds. The van der Waals surface area contributed by atoms with E-state index in [0.717, 1.165) is 68.5 Å². The fourth-order valence-corrected chi connectivity index (χ4v) is 11.0. The first kappa shape index (κ1) is 36.5. The molecule has 4 aliphatic heterocycles. The smallest absolute Gasteiger partial charge is 0.118 e. The summed E-state index contributed by atoms with van der Waals surface area (Å²) >= 11 is 0. The van der Waals surface area contributed by atoms with E-state index in [1.807, 2.05) is 0 Å². The number of hydrogen-bond donors (Lipinski definition) is 0. The van der Waals surface area contributed by atoms with Crippen LogP contribution in [0.15, 0.2) is 87.1 Å². The van der Waals surface area contributed by atoms with Crippen LogP contribution in [-0.4, -0.2) is 22.0 Å². The third kappa shape index (κ3) is 4.85. The fourth-order valence-electron chi connectivity index (χ4n) is 11.0. The Labute approximate surface area is 331 Å². The molecule has 0 saturated heterocycles. The Morgan fingerprint density at radius 2 is 1.39 bits per heavy atom. The van der Waals surface area contributed by atoms with E-state index in [2.05, 4.69) is 131 Å². The predicted molar refractivity (Wildman–Crippen MR) is 233 cm³/mol. The minimum atomic E-state index is -0.193. The lowest BCUT2D eigenvalue weighted by atomic mass is 9.73. The van der Waals surface area contributed by atoms with Gasteiger partial charge in [-0.05, 0) is 137 Å². The largest absolute Gasteiger partial charge is 0.497 e. The Kier molecular flexibility index (Phi) is 8.98. The molecule has 0 atom stereocenters. The van der Waals surface area contributed by atoms with Crippen molar-refractivity contribution in [1.82, 2.24) is 9.13 Å². The van der Waals surface area contributed by atoms with Crippen molar-refractivity contribution in [2.45, 2.75) is 119 Å². The molecule has 9 rings (SSSR count). The van der Waals surface area contributed by atoms with Gasteiger partial charge in [0.15, 0.2) is 0 Å². The van der Waals surface area contributed by atoms with Crippen LogP contribution in [0.3, 0.4) is 0 Å². The molecule has 286 valence electrons. The minimum absolute atomic E-state index is 0.193. The van der Waals surface area contributed by atoms with Crippen LogP contribution >= 0.6 is 0 Å². The number of aromatic nitrogens is 2. The average Bonchev–Trinajstić information content (AvgIpc) is 3.92. The summed E-state index contributed by atoms with van der Waals surface area (Å²) in [5.74, 6) is 0.862. The molecule has 0 radical (unpaired) electrons. The number of benzene rings is 3. The Balaban J connectivity index is 1.63. The second-order valence-electron chi connectivity index (χ2n) is 15.9. The number of methoxy groups -OCH3 is 1. The molecular weight excluding hydrogens is 685 g/mol. The zero-order valence-corrected chi connectivity index (χ0v) is 34.9. The van der Waals surface area contributed by atoms with Gasteiger partial charge in [0.25, 0.3) is 0 Å². The summed E-state index contributed by atoms with van der Waals surface area (Å²) in [5.41, 5.74) is 18.0. The lowest BCUT2D eigenvalue weighted by Gasteiger charge is -2.29. The van der Waals surface area contributed by atoms with Crippen LogP contribution in [0.1, 0.15) is 126 Å². The van der Waals surface area contributed by atoms with Gasteiger partial charge in [-0.3, -0.25) is 4.99 Å². The highest BCUT2D eigenvalue weighted by Gasteiger charge is 2.41. The topological polar surface area (TPSA) is 43.8 Å². The summed E-state index contributed by atoms with van der Waals surface area (Å²) in [7, 11) is 1.75. The highest BCUT2D eigenvalue weighted by atomic mass is 16.5. The molecule has 0 spiro atoms. The number of hydrogen-bond acceptors (Lipinski definition) is 3. The van der Waals surface area contributed by atoms with Gasteiger partial charge in [-0.1, -0.05) is 91.8 Å². The van der Waals surface area contributed by atoms with Crippen molar-refractivity contribution in [3.63, 3.8) is 0 Å². The van der Waals surface area contributed by atoms with Gasteiger partial charge in [-0.2, -0.15) is 0 Å². The summed E-state index contributed by atoms with van der Waals surface area (Å²) in [4.78, 5) is 11.6. The van der Waals surface area contributed by atoms with Gasteiger partial charge in [-0.25, -0.2) is 4.99 Å². The molecular formula is C51H56N4O. The van der Waals surface area contributed by atoms with Gasteiger partial charge in [0.1, 0.15) is 12.4 Å². The molecule has 6 bridgehead atoms. The first-order chi connectivity index (χ1) is 27.4. The van der Waals surface area contributed by atoms with Crippen LogP contribution in [0.4, 0.5) is 0 Å². The molecule has 0 saturated carbocycles. The zero-order valence-electron chi connectivity index (χ0n) is 34.9. The Morgan fingerprint density at radius 3 is 2.04 bits per heavy atom. The third-order valence-corrected chi connectivity index (χ3v) is 13.7. The van der Waals surface area contributed by atoms with Gasteiger partial charge in [0.05, 0.1) is 40.6 Å². The summed E-state index contributed by atoms with van der Waals surface area (Å²) in [6.45, 7) is 19.4. The molecule has 2 aromatic heterocycles. The first-order valence-corrected chi connectivity index (χ1v) is 21.4. The van der Waals surface area contributed by atoms with Gasteiger partial charge >= 0.3 is 0 Å². The molecule has 4 aliphatic rings. The number of ether oxygens (including phenoxy) is 1. The lowest BCUT2D eigenvalue weighted by molar-refractivity contribution is 0.415. The fraction of sp³-hybridized carbons (Fsp3) is 0.373. The SMILES string of the molecule is CCC1=C(CC)C2=C(c3ccc(OC)cc3)c3c(CC)c(CC)c4n3Cn3c(c(CC)c(CC)c3=c3c5c(cc6ccccc36)C(CC)(CC)C(=C4)N=5)=CC1=N2. The van der Waals surface area contributed by atoms with E-state index in [4.69, 9.17) is 14.7 Å². The first-order valence-electron chi connectivity index (χ1n) is 21.4. The molecule has 5 aromatic rings. The quantitative estimate of drug-likeness (QED) is 0.141. The van der Waals surface area contributed by atoms with E-state index >= 15 is 0 Å². The highest BCUT2D eigenvalue weighted by Crippen LogP contribution is 2.47. The molecule has 3 aromatic carbocycles. The van der Waals surface area contributed by atoms with Gasteiger partial charge < -0.3 is 13.9 Å². The lowest BCUT2D eigenvalue weighted by Crippen LogP contribution is -2.27. The van der Waals surface area contributed by atoms with Crippen molar-refractivity contribution in [2.75, 3.05) is 7.11 Å². The van der Waals surface area contributed by atoms with Crippen molar-refractivity contribution >= 4 is 34.2 Å². The van der Waals surface area contributed by atoms with Crippen molar-refractivity contribution in [1.29, 1.82) is 0 Å². The number of aliphatic imine (C=N–C) groups is 1. The van der Waals surface area contributed by atoms with Crippen molar-refractivity contribution in [3.05, 3.63) is 143 Å². The van der Waals surface area contributed by atoms with Crippen molar-refractivity contribution in [2.24, 2.45) is 9.98 Å². The molecule has 0 unspecified atom stereocenters. The monoisotopic (exact) mass is 740 g/mol. The van der Waals surface area contributed by atoms with Gasteiger partial charge in [-0.15, -0.1) is 0 Å². The van der Waals surface area contributed by atoms with Gasteiger partial charge in [0.2, 0.25) is 0 Å². The number of fused-ring (bicyclic) bond motifs is 4. The van der Waals surface area contributed by atoms with Crippen LogP contribution < -0.4 is 15.4 Å². The Morgan fingerprint density at radius 1 is 0.696 bits per heavy atom. The van der Waals surface area contributed by atoms with E-state index in [-0.39, 0.29) is 5.41 Å². The normalized spacial score (nSPS) is 16.2. The maximum atomic E-state index is 5.86. The van der Waals surface area contributed by atoms with E-state index in [1.54, 1.807) is 7.11 Å². The predicted octanol–water partition coefficient (Wildman–Crippen LogP) is 10.7. The standard InChI is InChI=1S/C51H56N4O/c1-10-33-36(13-4)47-45(30-22-24-32(56-9)25-23-30)49-37(14-5)35(12-3)43-28-44-51(16-7,17-8)40-26-31-20-18-19-21-39(31)46(48(40)53-44)50-38(15-6)34(11-2)42(27-41(33)52-47)54(50)29-55(43)49/h18-28H,10-17,29H2,1-9H3. The molecule has 56 heavy (non-hydrogen) atoms. The molecule has 0 aliphatic carbocycles. The van der Waals surface area contributed by atoms with Crippen molar-refractivity contribution in [3.8, 4) is 5.75 Å². The number of nitrogens with zero attached hydrogens (tertiary/aromatic N) is 4. The third-order valence-electron chi connectivity index (χ3n) is 13.7. The maximum absolute atomic E-state index is 5.86. The van der Waals surface area contributed by atoms with Gasteiger partial charge in [0, 0.05) is 27.2 Å². The molecule has 6 heterocycles. The Hall–Kier alpha value is -5.16. The minimum Gasteiger partial charge on any atom is -0.497 e. The summed E-state index contributed by atoms with van der Waals surface area (Å²) in [6, 6.07) is 20.3. The highest BCUT2D eigenvalue weighted by molar-refractivity contribution is 6.24. The number of rotatable bonds is 10. The summed E-state index contributed by atoms with van der Waals surface area (Å²) in [5, 5.41) is 7.65. The second-order valence-corrected chi connectivity index (χ2v) is 15.9. The van der Waals surface area contributed by atoms with E-state index in [9.17, 15) is 0 Å². The second kappa shape index (κ2) is 13.8. The van der Waals surface area contributed by atoms with Crippen LogP contribution in [0.2, 0.25) is 0 Å². The number of allylic oxidation sites excluding steroid dienone is 3. The summed E-state index contributed by atoms with van der Waals surface area (Å²) in [6.07, 6.45) is 12.5. The van der Waals surface area contributed by atoms with Crippen LogP contribution in [0.25, 0.3) is 28.5 Å². The maximum Gasteiger partial charge on any atom is 0.118 e.